The smallest absolute Gasteiger partial charge is 0.324 e. The minimum atomic E-state index is -1.42. The molecular weight excluding hydrogens is 487 g/mol. The van der Waals surface area contributed by atoms with Gasteiger partial charge in [0.25, 0.3) is 5.91 Å². The highest BCUT2D eigenvalue weighted by atomic mass is 35.5. The van der Waals surface area contributed by atoms with E-state index in [-0.39, 0.29) is 40.2 Å². The molecule has 0 bridgehead atoms. The van der Waals surface area contributed by atoms with E-state index in [2.05, 4.69) is 20.9 Å². The maximum Gasteiger partial charge on any atom is 0.324 e. The van der Waals surface area contributed by atoms with Gasteiger partial charge in [0.2, 0.25) is 5.91 Å². The SMILES string of the molecule is COC(=O)[C@H](CNC(=O)CNC(=O)c1cccc(N=C(N)N)c1)NC(O)c1c(Cl)cccc1Cl. The Labute approximate surface area is 205 Å². The number of esters is 1. The number of ether oxygens (including phenoxy) is 1. The van der Waals surface area contributed by atoms with Gasteiger partial charge in [-0.3, -0.25) is 19.7 Å². The third-order valence-corrected chi connectivity index (χ3v) is 5.06. The Morgan fingerprint density at radius 2 is 1.74 bits per heavy atom. The lowest BCUT2D eigenvalue weighted by Gasteiger charge is -2.22. The molecule has 0 fully saturated rings. The number of guanidine groups is 1. The van der Waals surface area contributed by atoms with Crippen molar-refractivity contribution < 1.29 is 24.2 Å². The number of nitrogens with zero attached hydrogens (tertiary/aromatic N) is 1. The highest BCUT2D eigenvalue weighted by Crippen LogP contribution is 2.29. The zero-order valence-corrected chi connectivity index (χ0v) is 19.6. The number of carbonyl (C=O) groups excluding carboxylic acids is 3. The van der Waals surface area contributed by atoms with Crippen LogP contribution in [0.3, 0.4) is 0 Å². The van der Waals surface area contributed by atoms with Gasteiger partial charge < -0.3 is 31.9 Å². The summed E-state index contributed by atoms with van der Waals surface area (Å²) in [6.45, 7) is -0.626. The van der Waals surface area contributed by atoms with Crippen molar-refractivity contribution in [3.8, 4) is 0 Å². The first-order chi connectivity index (χ1) is 16.1. The van der Waals surface area contributed by atoms with Gasteiger partial charge in [-0.1, -0.05) is 35.3 Å². The summed E-state index contributed by atoms with van der Waals surface area (Å²) in [5.74, 6) is -2.03. The molecule has 0 aliphatic carbocycles. The fraction of sp³-hybridized carbons (Fsp3) is 0.238. The summed E-state index contributed by atoms with van der Waals surface area (Å²) in [7, 11) is 1.16. The molecule has 0 saturated heterocycles. The van der Waals surface area contributed by atoms with Crippen molar-refractivity contribution >= 4 is 52.6 Å². The molecule has 2 rings (SSSR count). The molecule has 2 aromatic rings. The zero-order chi connectivity index (χ0) is 25.3. The third kappa shape index (κ3) is 7.89. The van der Waals surface area contributed by atoms with Crippen molar-refractivity contribution in [3.63, 3.8) is 0 Å². The summed E-state index contributed by atoms with van der Waals surface area (Å²) in [6, 6.07) is 9.68. The number of halogens is 2. The Bertz CT molecular complexity index is 1060. The quantitative estimate of drug-likeness (QED) is 0.116. The van der Waals surface area contributed by atoms with Gasteiger partial charge in [0.05, 0.1) is 19.3 Å². The molecule has 0 radical (unpaired) electrons. The van der Waals surface area contributed by atoms with E-state index >= 15 is 0 Å². The predicted octanol–water partition coefficient (Wildman–Crippen LogP) is 0.567. The maximum absolute atomic E-state index is 12.3. The minimum absolute atomic E-state index is 0.160. The monoisotopic (exact) mass is 510 g/mol. The summed E-state index contributed by atoms with van der Waals surface area (Å²) in [6.07, 6.45) is -1.42. The van der Waals surface area contributed by atoms with Gasteiger partial charge >= 0.3 is 5.97 Å². The fourth-order valence-electron chi connectivity index (χ4n) is 2.81. The average molecular weight is 511 g/mol. The number of hydrogen-bond acceptors (Lipinski definition) is 7. The van der Waals surface area contributed by atoms with Crippen LogP contribution in [0, 0.1) is 0 Å². The first kappa shape index (κ1) is 26.9. The number of carbonyl (C=O) groups is 3. The van der Waals surface area contributed by atoms with Gasteiger partial charge in [-0.2, -0.15) is 0 Å². The lowest BCUT2D eigenvalue weighted by atomic mass is 10.1. The molecule has 2 atom stereocenters. The molecule has 1 unspecified atom stereocenters. The molecule has 0 spiro atoms. The first-order valence-corrected chi connectivity index (χ1v) is 10.6. The van der Waals surface area contributed by atoms with Gasteiger partial charge in [0.1, 0.15) is 12.3 Å². The predicted molar refractivity (Wildman–Crippen MR) is 128 cm³/mol. The fourth-order valence-corrected chi connectivity index (χ4v) is 3.41. The number of aliphatic hydroxyl groups is 1. The number of nitrogens with two attached hydrogens (primary N) is 2. The molecule has 2 amide bonds. The zero-order valence-electron chi connectivity index (χ0n) is 18.0. The average Bonchev–Trinajstić information content (AvgIpc) is 2.79. The second-order valence-electron chi connectivity index (χ2n) is 6.85. The van der Waals surface area contributed by atoms with E-state index in [1.165, 1.54) is 24.3 Å². The standard InChI is InChI=1S/C21H24Cl2N6O5/c1-34-20(33)15(29-19(32)17-13(22)6-3-7-14(17)23)9-26-16(30)10-27-18(31)11-4-2-5-12(8-11)28-21(24)25/h2-8,15,19,29,32H,9-10H2,1H3,(H,26,30)(H,27,31)(H4,24,25,28)/t15-,19?/m0/s1. The number of benzene rings is 2. The largest absolute Gasteiger partial charge is 0.468 e. The molecule has 182 valence electrons. The molecule has 0 saturated carbocycles. The molecule has 0 heterocycles. The molecule has 0 aliphatic rings. The van der Waals surface area contributed by atoms with Crippen LogP contribution in [0.2, 0.25) is 10.0 Å². The number of nitrogens with one attached hydrogen (secondary N) is 3. The number of hydrogen-bond donors (Lipinski definition) is 6. The van der Waals surface area contributed by atoms with Crippen LogP contribution in [-0.2, 0) is 14.3 Å². The topological polar surface area (TPSA) is 181 Å². The Kier molecular flexibility index (Phi) is 10.1. The number of amides is 2. The van der Waals surface area contributed by atoms with Crippen LogP contribution in [0.5, 0.6) is 0 Å². The van der Waals surface area contributed by atoms with E-state index in [0.717, 1.165) is 7.11 Å². The maximum atomic E-state index is 12.3. The molecule has 13 heteroatoms. The molecule has 11 nitrogen and oxygen atoms in total. The van der Waals surface area contributed by atoms with Crippen LogP contribution in [0.15, 0.2) is 47.5 Å². The van der Waals surface area contributed by atoms with Crippen molar-refractivity contribution in [3.05, 3.63) is 63.6 Å². The summed E-state index contributed by atoms with van der Waals surface area (Å²) < 4.78 is 4.71. The highest BCUT2D eigenvalue weighted by molar-refractivity contribution is 6.36. The molecule has 8 N–H and O–H groups in total. The highest BCUT2D eigenvalue weighted by Gasteiger charge is 2.25. The van der Waals surface area contributed by atoms with Crippen LogP contribution in [-0.4, -0.2) is 55.1 Å². The van der Waals surface area contributed by atoms with Crippen LogP contribution in [0.25, 0.3) is 0 Å². The number of methoxy groups -OCH3 is 1. The normalized spacial score (nSPS) is 12.2. The first-order valence-electron chi connectivity index (χ1n) is 9.82. The summed E-state index contributed by atoms with van der Waals surface area (Å²) in [4.78, 5) is 40.5. The summed E-state index contributed by atoms with van der Waals surface area (Å²) >= 11 is 12.1. The second-order valence-corrected chi connectivity index (χ2v) is 7.67. The third-order valence-electron chi connectivity index (χ3n) is 4.40. The number of aliphatic imine (C=N–C) groups is 1. The van der Waals surface area contributed by atoms with E-state index in [4.69, 9.17) is 39.4 Å². The van der Waals surface area contributed by atoms with Gasteiger partial charge in [-0.25, -0.2) is 4.99 Å². The molecule has 2 aromatic carbocycles. The van der Waals surface area contributed by atoms with Crippen molar-refractivity contribution in [2.24, 2.45) is 16.5 Å². The summed E-state index contributed by atoms with van der Waals surface area (Å²) in [5.41, 5.74) is 11.4. The number of rotatable bonds is 10. The van der Waals surface area contributed by atoms with Gasteiger partial charge in [-0.05, 0) is 30.3 Å². The lowest BCUT2D eigenvalue weighted by Crippen LogP contribution is -2.49. The Balaban J connectivity index is 1.94. The molecular formula is C21H24Cl2N6O5. The van der Waals surface area contributed by atoms with Crippen molar-refractivity contribution in [1.29, 1.82) is 0 Å². The van der Waals surface area contributed by atoms with E-state index < -0.39 is 30.1 Å². The molecule has 0 aliphatic heterocycles. The van der Waals surface area contributed by atoms with E-state index in [1.54, 1.807) is 18.2 Å². The van der Waals surface area contributed by atoms with Crippen LogP contribution >= 0.6 is 23.2 Å². The van der Waals surface area contributed by atoms with Crippen LogP contribution < -0.4 is 27.4 Å². The van der Waals surface area contributed by atoms with Gasteiger partial charge in [-0.15, -0.1) is 0 Å². The Morgan fingerprint density at radius 3 is 2.35 bits per heavy atom. The summed E-state index contributed by atoms with van der Waals surface area (Å²) in [5, 5.41) is 18.4. The van der Waals surface area contributed by atoms with Crippen molar-refractivity contribution in [2.45, 2.75) is 12.3 Å². The van der Waals surface area contributed by atoms with E-state index in [1.807, 2.05) is 0 Å². The van der Waals surface area contributed by atoms with Gasteiger partial charge in [0, 0.05) is 27.7 Å². The molecule has 34 heavy (non-hydrogen) atoms. The van der Waals surface area contributed by atoms with Crippen LogP contribution in [0.1, 0.15) is 22.1 Å². The Hall–Kier alpha value is -3.38. The van der Waals surface area contributed by atoms with Crippen molar-refractivity contribution in [1.82, 2.24) is 16.0 Å². The van der Waals surface area contributed by atoms with Crippen LogP contribution in [0.4, 0.5) is 5.69 Å². The molecule has 0 aromatic heterocycles. The van der Waals surface area contributed by atoms with E-state index in [9.17, 15) is 19.5 Å². The lowest BCUT2D eigenvalue weighted by molar-refractivity contribution is -0.144. The van der Waals surface area contributed by atoms with E-state index in [0.29, 0.717) is 5.69 Å². The van der Waals surface area contributed by atoms with Crippen molar-refractivity contribution in [2.75, 3.05) is 20.2 Å². The van der Waals surface area contributed by atoms with Gasteiger partial charge in [0.15, 0.2) is 5.96 Å². The minimum Gasteiger partial charge on any atom is -0.468 e. The number of aliphatic hydroxyl groups excluding tert-OH is 1. The second kappa shape index (κ2) is 12.8. The Morgan fingerprint density at radius 1 is 1.09 bits per heavy atom.